The number of hydrogen-bond donors (Lipinski definition) is 1. The first-order chi connectivity index (χ1) is 7.40. The SMILES string of the molecule is C=CCOC(=O)N1[C@H](C(=O)O)COC1(C)C. The molecule has 0 spiro atoms. The molecule has 0 unspecified atom stereocenters. The standard InChI is InChI=1S/C10H15NO5/c1-4-5-15-9(14)11-7(8(12)13)6-16-10(11,2)3/h4,7H,1,5-6H2,2-3H3,(H,12,13)/t7-/m0/s1. The van der Waals surface area contributed by atoms with Crippen molar-refractivity contribution in [2.75, 3.05) is 13.2 Å². The number of ether oxygens (including phenoxy) is 2. The van der Waals surface area contributed by atoms with E-state index in [-0.39, 0.29) is 13.2 Å². The highest BCUT2D eigenvalue weighted by molar-refractivity contribution is 5.81. The highest BCUT2D eigenvalue weighted by atomic mass is 16.6. The third-order valence-corrected chi connectivity index (χ3v) is 2.29. The number of carbonyl (C=O) groups is 2. The lowest BCUT2D eigenvalue weighted by Gasteiger charge is -2.30. The van der Waals surface area contributed by atoms with E-state index in [0.29, 0.717) is 0 Å². The number of nitrogens with zero attached hydrogens (tertiary/aromatic N) is 1. The molecule has 0 saturated carbocycles. The molecule has 1 aliphatic heterocycles. The van der Waals surface area contributed by atoms with E-state index in [1.807, 2.05) is 0 Å². The number of carbonyl (C=O) groups excluding carboxylic acids is 1. The van der Waals surface area contributed by atoms with Crippen LogP contribution in [0.5, 0.6) is 0 Å². The van der Waals surface area contributed by atoms with Gasteiger partial charge in [-0.25, -0.2) is 9.59 Å². The molecule has 1 N–H and O–H groups in total. The largest absolute Gasteiger partial charge is 0.480 e. The van der Waals surface area contributed by atoms with Gasteiger partial charge in [-0.2, -0.15) is 0 Å². The van der Waals surface area contributed by atoms with Crippen molar-refractivity contribution >= 4 is 12.1 Å². The lowest BCUT2D eigenvalue weighted by Crippen LogP contribution is -2.50. The van der Waals surface area contributed by atoms with Crippen molar-refractivity contribution in [3.63, 3.8) is 0 Å². The van der Waals surface area contributed by atoms with Crippen LogP contribution >= 0.6 is 0 Å². The van der Waals surface area contributed by atoms with Gasteiger partial charge in [0.2, 0.25) is 0 Å². The van der Waals surface area contributed by atoms with Gasteiger partial charge in [0.25, 0.3) is 0 Å². The van der Waals surface area contributed by atoms with Crippen molar-refractivity contribution in [3.8, 4) is 0 Å². The molecule has 1 fully saturated rings. The fraction of sp³-hybridized carbons (Fsp3) is 0.600. The molecular weight excluding hydrogens is 214 g/mol. The maximum atomic E-state index is 11.6. The van der Waals surface area contributed by atoms with E-state index in [0.717, 1.165) is 4.90 Å². The molecule has 6 nitrogen and oxygen atoms in total. The van der Waals surface area contributed by atoms with Crippen LogP contribution < -0.4 is 0 Å². The number of aliphatic carboxylic acids is 1. The van der Waals surface area contributed by atoms with Crippen molar-refractivity contribution in [2.24, 2.45) is 0 Å². The summed E-state index contributed by atoms with van der Waals surface area (Å²) >= 11 is 0. The van der Waals surface area contributed by atoms with Crippen LogP contribution in [-0.2, 0) is 14.3 Å². The average molecular weight is 229 g/mol. The summed E-state index contributed by atoms with van der Waals surface area (Å²) in [5, 5.41) is 8.94. The van der Waals surface area contributed by atoms with Crippen LogP contribution in [0.4, 0.5) is 4.79 Å². The maximum absolute atomic E-state index is 11.6. The summed E-state index contributed by atoms with van der Waals surface area (Å²) in [7, 11) is 0. The summed E-state index contributed by atoms with van der Waals surface area (Å²) in [6.45, 7) is 6.64. The smallest absolute Gasteiger partial charge is 0.413 e. The van der Waals surface area contributed by atoms with Gasteiger partial charge in [-0.05, 0) is 13.8 Å². The zero-order valence-corrected chi connectivity index (χ0v) is 9.30. The van der Waals surface area contributed by atoms with Gasteiger partial charge in [0.15, 0.2) is 6.04 Å². The molecular formula is C10H15NO5. The van der Waals surface area contributed by atoms with Crippen molar-refractivity contribution in [1.82, 2.24) is 4.90 Å². The highest BCUT2D eigenvalue weighted by Crippen LogP contribution is 2.28. The van der Waals surface area contributed by atoms with Gasteiger partial charge in [-0.1, -0.05) is 12.7 Å². The van der Waals surface area contributed by atoms with E-state index in [4.69, 9.17) is 14.6 Å². The Morgan fingerprint density at radius 1 is 1.69 bits per heavy atom. The molecule has 1 heterocycles. The van der Waals surface area contributed by atoms with E-state index in [2.05, 4.69) is 6.58 Å². The number of hydrogen-bond acceptors (Lipinski definition) is 4. The van der Waals surface area contributed by atoms with Crippen LogP contribution in [0.3, 0.4) is 0 Å². The highest BCUT2D eigenvalue weighted by Gasteiger charge is 2.48. The summed E-state index contributed by atoms with van der Waals surface area (Å²) in [6.07, 6.45) is 0.701. The number of carboxylic acids is 1. The summed E-state index contributed by atoms with van der Waals surface area (Å²) < 4.78 is 10.1. The van der Waals surface area contributed by atoms with E-state index in [9.17, 15) is 9.59 Å². The monoisotopic (exact) mass is 229 g/mol. The minimum Gasteiger partial charge on any atom is -0.480 e. The third kappa shape index (κ3) is 2.33. The maximum Gasteiger partial charge on any atom is 0.413 e. The van der Waals surface area contributed by atoms with Crippen molar-refractivity contribution in [1.29, 1.82) is 0 Å². The Balaban J connectivity index is 2.82. The molecule has 0 aromatic heterocycles. The minimum absolute atomic E-state index is 0.0362. The second-order valence-electron chi connectivity index (χ2n) is 3.85. The van der Waals surface area contributed by atoms with Crippen molar-refractivity contribution in [3.05, 3.63) is 12.7 Å². The normalized spacial score (nSPS) is 22.9. The fourth-order valence-electron chi connectivity index (χ4n) is 1.53. The van der Waals surface area contributed by atoms with E-state index in [1.165, 1.54) is 6.08 Å². The average Bonchev–Trinajstić information content (AvgIpc) is 2.50. The van der Waals surface area contributed by atoms with Crippen LogP contribution in [-0.4, -0.2) is 47.0 Å². The van der Waals surface area contributed by atoms with Crippen molar-refractivity contribution < 1.29 is 24.2 Å². The molecule has 0 radical (unpaired) electrons. The number of amides is 1. The first-order valence-electron chi connectivity index (χ1n) is 4.84. The Hall–Kier alpha value is -1.56. The Morgan fingerprint density at radius 3 is 2.81 bits per heavy atom. The van der Waals surface area contributed by atoms with E-state index >= 15 is 0 Å². The second-order valence-corrected chi connectivity index (χ2v) is 3.85. The summed E-state index contributed by atoms with van der Waals surface area (Å²) in [4.78, 5) is 23.7. The Labute approximate surface area is 93.4 Å². The Bertz CT molecular complexity index is 312. The summed E-state index contributed by atoms with van der Waals surface area (Å²) in [5.41, 5.74) is -0.971. The molecule has 1 rings (SSSR count). The predicted octanol–water partition coefficient (Wildman–Crippen LogP) is 0.830. The van der Waals surface area contributed by atoms with Crippen molar-refractivity contribution in [2.45, 2.75) is 25.6 Å². The lowest BCUT2D eigenvalue weighted by atomic mass is 10.2. The zero-order valence-electron chi connectivity index (χ0n) is 9.30. The lowest BCUT2D eigenvalue weighted by molar-refractivity contribution is -0.142. The van der Waals surface area contributed by atoms with Gasteiger partial charge in [-0.15, -0.1) is 0 Å². The second kappa shape index (κ2) is 4.52. The van der Waals surface area contributed by atoms with Crippen LogP contribution in [0, 0.1) is 0 Å². The van der Waals surface area contributed by atoms with E-state index in [1.54, 1.807) is 13.8 Å². The molecule has 0 aromatic rings. The molecule has 90 valence electrons. The van der Waals surface area contributed by atoms with Gasteiger partial charge in [-0.3, -0.25) is 4.90 Å². The van der Waals surface area contributed by atoms with Crippen LogP contribution in [0.1, 0.15) is 13.8 Å². The topological polar surface area (TPSA) is 76.1 Å². The first kappa shape index (κ1) is 12.5. The molecule has 1 saturated heterocycles. The third-order valence-electron chi connectivity index (χ3n) is 2.29. The molecule has 1 atom stereocenters. The molecule has 16 heavy (non-hydrogen) atoms. The molecule has 1 amide bonds. The predicted molar refractivity (Wildman–Crippen MR) is 54.8 cm³/mol. The minimum atomic E-state index is -1.11. The van der Waals surface area contributed by atoms with Gasteiger partial charge in [0.05, 0.1) is 6.61 Å². The van der Waals surface area contributed by atoms with Crippen LogP contribution in [0.2, 0.25) is 0 Å². The van der Waals surface area contributed by atoms with Crippen LogP contribution in [0.25, 0.3) is 0 Å². The van der Waals surface area contributed by atoms with Gasteiger partial charge in [0.1, 0.15) is 12.3 Å². The van der Waals surface area contributed by atoms with Gasteiger partial charge < -0.3 is 14.6 Å². The van der Waals surface area contributed by atoms with Gasteiger partial charge >= 0.3 is 12.1 Å². The quantitative estimate of drug-likeness (QED) is 0.725. The zero-order chi connectivity index (χ0) is 12.3. The van der Waals surface area contributed by atoms with E-state index < -0.39 is 23.8 Å². The summed E-state index contributed by atoms with van der Waals surface area (Å²) in [5.74, 6) is -1.11. The first-order valence-corrected chi connectivity index (χ1v) is 4.84. The molecule has 6 heteroatoms. The number of rotatable bonds is 3. The molecule has 0 aromatic carbocycles. The molecule has 0 bridgehead atoms. The fourth-order valence-corrected chi connectivity index (χ4v) is 1.53. The van der Waals surface area contributed by atoms with Crippen LogP contribution in [0.15, 0.2) is 12.7 Å². The molecule has 0 aliphatic carbocycles. The molecule has 1 aliphatic rings. The Morgan fingerprint density at radius 2 is 2.31 bits per heavy atom. The summed E-state index contributed by atoms with van der Waals surface area (Å²) in [6, 6.07) is -1.01. The Kier molecular flexibility index (Phi) is 3.54. The van der Waals surface area contributed by atoms with Gasteiger partial charge in [0, 0.05) is 0 Å². The number of carboxylic acid groups (broad SMARTS) is 1.